The van der Waals surface area contributed by atoms with Crippen LogP contribution in [0.2, 0.25) is 5.02 Å². The predicted octanol–water partition coefficient (Wildman–Crippen LogP) is 3.18. The highest BCUT2D eigenvalue weighted by molar-refractivity contribution is 7.64. The molecule has 0 aliphatic carbocycles. The van der Waals surface area contributed by atoms with E-state index in [0.717, 1.165) is 0 Å². The first-order valence-corrected chi connectivity index (χ1v) is 9.94. The van der Waals surface area contributed by atoms with Crippen molar-refractivity contribution in [1.29, 1.82) is 0 Å². The Morgan fingerprint density at radius 1 is 1.19 bits per heavy atom. The molecule has 1 amide bonds. The van der Waals surface area contributed by atoms with Gasteiger partial charge >= 0.3 is 7.52 Å². The third kappa shape index (κ3) is 4.26. The number of carbonyl (C=O) groups excluding carboxylic acids is 1. The summed E-state index contributed by atoms with van der Waals surface area (Å²) in [5, 5.41) is 9.80. The molecule has 2 N–H and O–H groups in total. The summed E-state index contributed by atoms with van der Waals surface area (Å²) in [5.74, 6) is 0.557. The molecular weight excluding hydrogens is 379 g/mol. The van der Waals surface area contributed by atoms with Gasteiger partial charge in [-0.2, -0.15) is 0 Å². The van der Waals surface area contributed by atoms with E-state index in [1.54, 1.807) is 54.0 Å². The Bertz CT molecular complexity index is 813. The molecule has 1 aliphatic heterocycles. The van der Waals surface area contributed by atoms with Crippen LogP contribution in [0.15, 0.2) is 48.5 Å². The number of hydroxylamine groups is 1. The van der Waals surface area contributed by atoms with E-state index in [4.69, 9.17) is 26.1 Å². The number of hydrogen-bond donors (Lipinski definition) is 2. The fourth-order valence-electron chi connectivity index (χ4n) is 2.60. The molecule has 0 aromatic heterocycles. The lowest BCUT2D eigenvalue weighted by Gasteiger charge is -2.34. The Labute approximate surface area is 155 Å². The summed E-state index contributed by atoms with van der Waals surface area (Å²) < 4.78 is 26.0. The second-order valence-corrected chi connectivity index (χ2v) is 8.50. The highest BCUT2D eigenvalue weighted by Gasteiger charge is 2.37. The Morgan fingerprint density at radius 3 is 2.42 bits per heavy atom. The number of carbonyl (C=O) groups is 1. The lowest BCUT2D eigenvalue weighted by Crippen LogP contribution is -2.40. The summed E-state index contributed by atoms with van der Waals surface area (Å²) in [4.78, 5) is 11.5. The number of rotatable bonds is 5. The van der Waals surface area contributed by atoms with E-state index in [2.05, 4.69) is 0 Å². The maximum absolute atomic E-state index is 13.3. The SMILES string of the molecule is O=C(CN1CCCOP1(=O)c1ccc(Oc2ccc(Cl)cc2)cc1)NO. The Morgan fingerprint density at radius 2 is 1.81 bits per heavy atom. The predicted molar refractivity (Wildman–Crippen MR) is 97.3 cm³/mol. The molecule has 2 aromatic rings. The van der Waals surface area contributed by atoms with Gasteiger partial charge in [0.2, 0.25) is 0 Å². The topological polar surface area (TPSA) is 88.1 Å². The monoisotopic (exact) mass is 396 g/mol. The molecule has 0 saturated carbocycles. The number of nitrogens with one attached hydrogen (secondary N) is 1. The minimum atomic E-state index is -3.36. The van der Waals surface area contributed by atoms with Crippen LogP contribution in [0.5, 0.6) is 11.5 Å². The maximum atomic E-state index is 13.3. The van der Waals surface area contributed by atoms with Gasteiger partial charge in [0.25, 0.3) is 5.91 Å². The van der Waals surface area contributed by atoms with Crippen LogP contribution < -0.4 is 15.5 Å². The van der Waals surface area contributed by atoms with E-state index in [1.165, 1.54) is 4.67 Å². The van der Waals surface area contributed by atoms with Gasteiger partial charge in [-0.1, -0.05) is 11.6 Å². The van der Waals surface area contributed by atoms with Crippen LogP contribution in [0, 0.1) is 0 Å². The van der Waals surface area contributed by atoms with Crippen LogP contribution in [-0.2, 0) is 13.9 Å². The van der Waals surface area contributed by atoms with Crippen LogP contribution in [0.1, 0.15) is 6.42 Å². The number of benzene rings is 2. The zero-order chi connectivity index (χ0) is 18.6. The molecular formula is C17H18ClN2O5P. The van der Waals surface area contributed by atoms with Crippen molar-refractivity contribution in [1.82, 2.24) is 10.2 Å². The summed E-state index contributed by atoms with van der Waals surface area (Å²) in [6.45, 7) is 0.572. The van der Waals surface area contributed by atoms with Gasteiger partial charge in [-0.3, -0.25) is 14.6 Å². The minimum absolute atomic E-state index is 0.212. The number of ether oxygens (including phenoxy) is 1. The van der Waals surface area contributed by atoms with Crippen LogP contribution in [0.4, 0.5) is 0 Å². The van der Waals surface area contributed by atoms with Gasteiger partial charge in [-0.15, -0.1) is 0 Å². The van der Waals surface area contributed by atoms with E-state index in [0.29, 0.717) is 41.4 Å². The van der Waals surface area contributed by atoms with Crippen molar-refractivity contribution >= 4 is 30.3 Å². The summed E-state index contributed by atoms with van der Waals surface area (Å²) in [7, 11) is -3.36. The molecule has 0 bridgehead atoms. The zero-order valence-electron chi connectivity index (χ0n) is 13.8. The van der Waals surface area contributed by atoms with E-state index < -0.39 is 13.4 Å². The van der Waals surface area contributed by atoms with Gasteiger partial charge in [0.05, 0.1) is 18.5 Å². The molecule has 2 aromatic carbocycles. The zero-order valence-corrected chi connectivity index (χ0v) is 15.5. The van der Waals surface area contributed by atoms with Gasteiger partial charge < -0.3 is 9.26 Å². The minimum Gasteiger partial charge on any atom is -0.457 e. The molecule has 9 heteroatoms. The average Bonchev–Trinajstić information content (AvgIpc) is 2.66. The molecule has 1 heterocycles. The van der Waals surface area contributed by atoms with E-state index in [1.807, 2.05) is 0 Å². The smallest absolute Gasteiger partial charge is 0.302 e. The van der Waals surface area contributed by atoms with Gasteiger partial charge in [0.1, 0.15) is 11.5 Å². The van der Waals surface area contributed by atoms with Crippen molar-refractivity contribution in [2.75, 3.05) is 19.7 Å². The van der Waals surface area contributed by atoms with Crippen molar-refractivity contribution in [3.8, 4) is 11.5 Å². The van der Waals surface area contributed by atoms with Crippen LogP contribution >= 0.6 is 19.1 Å². The third-order valence-corrected chi connectivity index (χ3v) is 6.68. The van der Waals surface area contributed by atoms with E-state index in [-0.39, 0.29) is 6.54 Å². The lowest BCUT2D eigenvalue weighted by molar-refractivity contribution is -0.129. The first-order chi connectivity index (χ1) is 12.5. The molecule has 1 fully saturated rings. The highest BCUT2D eigenvalue weighted by atomic mass is 35.5. The van der Waals surface area contributed by atoms with Gasteiger partial charge in [-0.05, 0) is 55.0 Å². The van der Waals surface area contributed by atoms with Crippen molar-refractivity contribution in [2.24, 2.45) is 0 Å². The van der Waals surface area contributed by atoms with Crippen LogP contribution in [0.3, 0.4) is 0 Å². The van der Waals surface area contributed by atoms with E-state index in [9.17, 15) is 9.36 Å². The Hall–Kier alpha value is -1.89. The van der Waals surface area contributed by atoms with Crippen molar-refractivity contribution in [3.63, 3.8) is 0 Å². The van der Waals surface area contributed by atoms with E-state index >= 15 is 0 Å². The molecule has 1 unspecified atom stereocenters. The fraction of sp³-hybridized carbons (Fsp3) is 0.235. The molecule has 0 spiro atoms. The molecule has 3 rings (SSSR count). The second kappa shape index (κ2) is 8.20. The lowest BCUT2D eigenvalue weighted by atomic mass is 10.3. The quantitative estimate of drug-likeness (QED) is 0.458. The first kappa shape index (κ1) is 18.9. The highest BCUT2D eigenvalue weighted by Crippen LogP contribution is 2.52. The molecule has 1 aliphatic rings. The number of hydrogen-bond acceptors (Lipinski definition) is 5. The summed E-state index contributed by atoms with van der Waals surface area (Å²) in [6.07, 6.45) is 0.653. The molecule has 1 atom stereocenters. The molecule has 138 valence electrons. The number of amides is 1. The normalized spacial score (nSPS) is 20.5. The summed E-state index contributed by atoms with van der Waals surface area (Å²) in [5.41, 5.74) is 1.56. The first-order valence-electron chi connectivity index (χ1n) is 7.98. The Kier molecular flexibility index (Phi) is 5.96. The molecule has 7 nitrogen and oxygen atoms in total. The van der Waals surface area contributed by atoms with Crippen LogP contribution in [-0.4, -0.2) is 35.5 Å². The third-order valence-electron chi connectivity index (χ3n) is 3.86. The summed E-state index contributed by atoms with van der Waals surface area (Å²) >= 11 is 5.85. The molecule has 1 saturated heterocycles. The maximum Gasteiger partial charge on any atom is 0.302 e. The standard InChI is InChI=1S/C17H18ClN2O5P/c18-13-2-4-14(5-3-13)25-15-6-8-16(9-7-15)26(23)20(10-1-11-24-26)12-17(21)19-22/h2-9,22H,1,10-12H2,(H,19,21). The fourth-order valence-corrected chi connectivity index (χ4v) is 4.99. The van der Waals surface area contributed by atoms with Crippen molar-refractivity contribution in [3.05, 3.63) is 53.6 Å². The number of nitrogens with zero attached hydrogens (tertiary/aromatic N) is 1. The second-order valence-electron chi connectivity index (χ2n) is 5.68. The van der Waals surface area contributed by atoms with Gasteiger partial charge in [-0.25, -0.2) is 10.2 Å². The Balaban J connectivity index is 1.78. The van der Waals surface area contributed by atoms with Crippen molar-refractivity contribution in [2.45, 2.75) is 6.42 Å². The number of halogens is 1. The molecule has 0 radical (unpaired) electrons. The van der Waals surface area contributed by atoms with Crippen LogP contribution in [0.25, 0.3) is 0 Å². The van der Waals surface area contributed by atoms with Gasteiger partial charge in [0.15, 0.2) is 0 Å². The summed E-state index contributed by atoms with van der Waals surface area (Å²) in [6, 6.07) is 13.6. The molecule has 26 heavy (non-hydrogen) atoms. The average molecular weight is 397 g/mol. The largest absolute Gasteiger partial charge is 0.457 e. The van der Waals surface area contributed by atoms with Crippen molar-refractivity contribution < 1.29 is 23.8 Å². The van der Waals surface area contributed by atoms with Gasteiger partial charge in [0, 0.05) is 11.6 Å².